The molecule has 9 heavy (non-hydrogen) atoms. The second kappa shape index (κ2) is 1.84. The van der Waals surface area contributed by atoms with Gasteiger partial charge in [0.25, 0.3) is 0 Å². The third-order valence-electron chi connectivity index (χ3n) is 2.29. The summed E-state index contributed by atoms with van der Waals surface area (Å²) in [4.78, 5) is 0. The molecule has 1 aliphatic carbocycles. The van der Waals surface area contributed by atoms with E-state index in [2.05, 4.69) is 6.58 Å². The molecule has 2 fully saturated rings. The fourth-order valence-corrected chi connectivity index (χ4v) is 1.53. The Morgan fingerprint density at radius 3 is 3.00 bits per heavy atom. The fraction of sp³-hybridized carbons (Fsp3) is 0.750. The first-order valence-electron chi connectivity index (χ1n) is 3.68. The van der Waals surface area contributed by atoms with Gasteiger partial charge in [-0.05, 0) is 25.2 Å². The van der Waals surface area contributed by atoms with Gasteiger partial charge >= 0.3 is 0 Å². The number of hydrogen-bond donors (Lipinski definition) is 0. The summed E-state index contributed by atoms with van der Waals surface area (Å²) in [6, 6.07) is 0. The molecular weight excluding hydrogens is 112 g/mol. The van der Waals surface area contributed by atoms with Gasteiger partial charge in [-0.1, -0.05) is 6.08 Å². The summed E-state index contributed by atoms with van der Waals surface area (Å²) < 4.78 is 5.59. The molecule has 0 aromatic rings. The normalized spacial score (nSPS) is 47.8. The van der Waals surface area contributed by atoms with Crippen LogP contribution in [0.5, 0.6) is 0 Å². The van der Waals surface area contributed by atoms with Gasteiger partial charge in [0, 0.05) is 0 Å². The van der Waals surface area contributed by atoms with Gasteiger partial charge in [-0.15, -0.1) is 6.58 Å². The molecule has 50 valence electrons. The Labute approximate surface area is 55.7 Å². The molecule has 0 bridgehead atoms. The van der Waals surface area contributed by atoms with Crippen LogP contribution in [0.15, 0.2) is 12.7 Å². The molecule has 1 saturated heterocycles. The zero-order chi connectivity index (χ0) is 6.27. The molecule has 2 aliphatic rings. The predicted molar refractivity (Wildman–Crippen MR) is 36.2 cm³/mol. The van der Waals surface area contributed by atoms with Crippen molar-refractivity contribution >= 4 is 0 Å². The Morgan fingerprint density at radius 2 is 2.33 bits per heavy atom. The van der Waals surface area contributed by atoms with Gasteiger partial charge in [-0.25, -0.2) is 0 Å². The van der Waals surface area contributed by atoms with Crippen molar-refractivity contribution in [1.82, 2.24) is 0 Å². The number of hydrogen-bond acceptors (Lipinski definition) is 1. The van der Waals surface area contributed by atoms with Gasteiger partial charge in [0.05, 0.1) is 12.2 Å². The molecular formula is C8H12O. The van der Waals surface area contributed by atoms with Crippen LogP contribution in [-0.2, 0) is 4.74 Å². The number of rotatable bonds is 1. The van der Waals surface area contributed by atoms with Gasteiger partial charge in [0.1, 0.15) is 0 Å². The molecule has 3 unspecified atom stereocenters. The largest absolute Gasteiger partial charge is 0.371 e. The zero-order valence-corrected chi connectivity index (χ0v) is 5.55. The van der Waals surface area contributed by atoms with Crippen LogP contribution < -0.4 is 0 Å². The zero-order valence-electron chi connectivity index (χ0n) is 5.55. The monoisotopic (exact) mass is 124 g/mol. The topological polar surface area (TPSA) is 9.23 Å². The maximum absolute atomic E-state index is 5.59. The highest BCUT2D eigenvalue weighted by atomic mass is 16.5. The number of ether oxygens (including phenoxy) is 1. The van der Waals surface area contributed by atoms with E-state index in [0.29, 0.717) is 12.2 Å². The molecule has 1 nitrogen and oxygen atoms in total. The third kappa shape index (κ3) is 0.897. The molecule has 1 saturated carbocycles. The Hall–Kier alpha value is -0.300. The summed E-state index contributed by atoms with van der Waals surface area (Å²) in [5.74, 6) is 0.918. The van der Waals surface area contributed by atoms with Crippen LogP contribution in [0.3, 0.4) is 0 Å². The van der Waals surface area contributed by atoms with E-state index in [1.54, 1.807) is 0 Å². The van der Waals surface area contributed by atoms with Crippen LogP contribution >= 0.6 is 0 Å². The lowest BCUT2D eigenvalue weighted by Gasteiger charge is -2.17. The van der Waals surface area contributed by atoms with Crippen LogP contribution in [-0.4, -0.2) is 12.2 Å². The van der Waals surface area contributed by atoms with Crippen molar-refractivity contribution < 1.29 is 4.74 Å². The Balaban J connectivity index is 1.93. The van der Waals surface area contributed by atoms with Gasteiger partial charge in [-0.2, -0.15) is 0 Å². The molecule has 3 atom stereocenters. The van der Waals surface area contributed by atoms with Crippen LogP contribution in [0.25, 0.3) is 0 Å². The SMILES string of the molecule is C=CC1CCC2CC2O1. The Kier molecular flexibility index (Phi) is 1.12. The van der Waals surface area contributed by atoms with E-state index >= 15 is 0 Å². The maximum atomic E-state index is 5.59. The highest BCUT2D eigenvalue weighted by Gasteiger charge is 2.42. The average Bonchev–Trinajstić information content (AvgIpc) is 2.64. The van der Waals surface area contributed by atoms with Crippen LogP contribution in [0.1, 0.15) is 19.3 Å². The van der Waals surface area contributed by atoms with Crippen molar-refractivity contribution in [3.05, 3.63) is 12.7 Å². The first kappa shape index (κ1) is 5.48. The molecule has 0 aromatic heterocycles. The molecule has 1 aliphatic heterocycles. The fourth-order valence-electron chi connectivity index (χ4n) is 1.53. The van der Waals surface area contributed by atoms with Crippen LogP contribution in [0.4, 0.5) is 0 Å². The standard InChI is InChI=1S/C8H12O/c1-2-7-4-3-6-5-8(6)9-7/h2,6-8H,1,3-5H2. The maximum Gasteiger partial charge on any atom is 0.0757 e. The molecule has 0 radical (unpaired) electrons. The van der Waals surface area contributed by atoms with Gasteiger partial charge < -0.3 is 4.74 Å². The van der Waals surface area contributed by atoms with Crippen molar-refractivity contribution in [2.45, 2.75) is 31.5 Å². The molecule has 2 rings (SSSR count). The lowest BCUT2D eigenvalue weighted by Crippen LogP contribution is -2.17. The first-order valence-corrected chi connectivity index (χ1v) is 3.68. The van der Waals surface area contributed by atoms with Gasteiger partial charge in [0.15, 0.2) is 0 Å². The van der Waals surface area contributed by atoms with Crippen LogP contribution in [0.2, 0.25) is 0 Å². The molecule has 1 heterocycles. The van der Waals surface area contributed by atoms with E-state index in [9.17, 15) is 0 Å². The summed E-state index contributed by atoms with van der Waals surface area (Å²) in [6.45, 7) is 3.71. The number of fused-ring (bicyclic) bond motifs is 1. The Bertz CT molecular complexity index is 131. The van der Waals surface area contributed by atoms with Gasteiger partial charge in [-0.3, -0.25) is 0 Å². The Morgan fingerprint density at radius 1 is 1.44 bits per heavy atom. The quantitative estimate of drug-likeness (QED) is 0.484. The smallest absolute Gasteiger partial charge is 0.0757 e. The molecule has 0 aromatic carbocycles. The van der Waals surface area contributed by atoms with E-state index in [1.165, 1.54) is 19.3 Å². The molecule has 1 heteroatoms. The van der Waals surface area contributed by atoms with Crippen molar-refractivity contribution in [3.8, 4) is 0 Å². The van der Waals surface area contributed by atoms with E-state index in [4.69, 9.17) is 4.74 Å². The highest BCUT2D eigenvalue weighted by Crippen LogP contribution is 2.43. The van der Waals surface area contributed by atoms with Crippen molar-refractivity contribution in [3.63, 3.8) is 0 Å². The summed E-state index contributed by atoms with van der Waals surface area (Å²) in [5.41, 5.74) is 0. The van der Waals surface area contributed by atoms with Crippen molar-refractivity contribution in [2.24, 2.45) is 5.92 Å². The minimum absolute atomic E-state index is 0.369. The highest BCUT2D eigenvalue weighted by molar-refractivity contribution is 4.96. The third-order valence-corrected chi connectivity index (χ3v) is 2.29. The average molecular weight is 124 g/mol. The summed E-state index contributed by atoms with van der Waals surface area (Å²) in [6.07, 6.45) is 6.78. The summed E-state index contributed by atoms with van der Waals surface area (Å²) >= 11 is 0. The molecule has 0 spiro atoms. The molecule has 0 N–H and O–H groups in total. The van der Waals surface area contributed by atoms with Gasteiger partial charge in [0.2, 0.25) is 0 Å². The van der Waals surface area contributed by atoms with Crippen LogP contribution in [0, 0.1) is 5.92 Å². The lowest BCUT2D eigenvalue weighted by molar-refractivity contribution is 0.0314. The summed E-state index contributed by atoms with van der Waals surface area (Å²) in [7, 11) is 0. The van der Waals surface area contributed by atoms with Crippen molar-refractivity contribution in [1.29, 1.82) is 0 Å². The van der Waals surface area contributed by atoms with E-state index < -0.39 is 0 Å². The predicted octanol–water partition coefficient (Wildman–Crippen LogP) is 1.74. The second-order valence-corrected chi connectivity index (χ2v) is 3.02. The lowest BCUT2D eigenvalue weighted by atomic mass is 10.1. The minimum Gasteiger partial charge on any atom is -0.371 e. The summed E-state index contributed by atoms with van der Waals surface area (Å²) in [5, 5.41) is 0. The first-order chi connectivity index (χ1) is 4.40. The van der Waals surface area contributed by atoms with E-state index in [0.717, 1.165) is 5.92 Å². The minimum atomic E-state index is 0.369. The molecule has 0 amide bonds. The second-order valence-electron chi connectivity index (χ2n) is 3.02. The van der Waals surface area contributed by atoms with Crippen molar-refractivity contribution in [2.75, 3.05) is 0 Å². The van der Waals surface area contributed by atoms with E-state index in [1.807, 2.05) is 6.08 Å². The van der Waals surface area contributed by atoms with E-state index in [-0.39, 0.29) is 0 Å².